The van der Waals surface area contributed by atoms with Crippen LogP contribution in [0.4, 0.5) is 4.79 Å². The number of alkyl carbamates (subject to hydrolysis) is 1. The van der Waals surface area contributed by atoms with E-state index in [9.17, 15) is 9.59 Å². The zero-order valence-electron chi connectivity index (χ0n) is 33.4. The van der Waals surface area contributed by atoms with Gasteiger partial charge in [0.2, 0.25) is 12.1 Å². The number of hydrogen-bond acceptors (Lipinski definition) is 8. The van der Waals surface area contributed by atoms with E-state index in [2.05, 4.69) is 97.2 Å². The lowest BCUT2D eigenvalue weighted by molar-refractivity contribution is -0.138. The third-order valence-corrected chi connectivity index (χ3v) is 14.0. The van der Waals surface area contributed by atoms with E-state index in [-0.39, 0.29) is 18.1 Å². The first-order valence-electron chi connectivity index (χ1n) is 19.8. The molecule has 292 valence electrons. The van der Waals surface area contributed by atoms with E-state index in [1.165, 1.54) is 29.7 Å². The number of hydrogen-bond donors (Lipinski definition) is 2. The number of methoxy groups -OCH3 is 1. The molecule has 11 nitrogen and oxygen atoms in total. The number of carbonyl (C=O) groups excluding carboxylic acids is 2. The molecule has 1 saturated carbocycles. The van der Waals surface area contributed by atoms with Crippen molar-refractivity contribution >= 4 is 46.8 Å². The lowest BCUT2D eigenvalue weighted by atomic mass is 9.78. The summed E-state index contributed by atoms with van der Waals surface area (Å²) in [6.45, 7) is 14.8. The smallest absolute Gasteiger partial charge is 0.464 e. The van der Waals surface area contributed by atoms with Crippen LogP contribution in [0.1, 0.15) is 102 Å². The maximum Gasteiger partial charge on any atom is 0.494 e. The molecule has 1 aliphatic carbocycles. The van der Waals surface area contributed by atoms with E-state index >= 15 is 0 Å². The van der Waals surface area contributed by atoms with Crippen LogP contribution in [-0.4, -0.2) is 69.5 Å². The van der Waals surface area contributed by atoms with Crippen molar-refractivity contribution in [1.82, 2.24) is 24.8 Å². The number of ether oxygens (including phenoxy) is 2. The van der Waals surface area contributed by atoms with Crippen LogP contribution < -0.4 is 15.5 Å². The standard InChI is InChI=1S/C43H50BN5O6S/c1-24(2)36(47-40(51)52-8)37(50)48-19-9-18-43(48,7)39-45-23-30(46-39)26-12-14-29-32-21-27-20-28(44-54-41(3,4)42(5,6)55-44)13-15-31(27)49(32)38(53-33(29)22-26)35-17-16-34(56-35)25-10-11-25/h12-17,20-25,36,38H,9-11,18-19H2,1-8H3,(H,45,46)(H,47,51). The molecule has 3 aromatic heterocycles. The first kappa shape index (κ1) is 37.0. The van der Waals surface area contributed by atoms with Crippen molar-refractivity contribution in [2.75, 3.05) is 13.7 Å². The minimum atomic E-state index is -0.713. The van der Waals surface area contributed by atoms with Gasteiger partial charge in [0, 0.05) is 27.9 Å². The zero-order valence-corrected chi connectivity index (χ0v) is 34.2. The number of rotatable bonds is 8. The second kappa shape index (κ2) is 13.2. The Morgan fingerprint density at radius 1 is 1.00 bits per heavy atom. The Hall–Kier alpha value is -4.59. The molecule has 2 saturated heterocycles. The van der Waals surface area contributed by atoms with Crippen molar-refractivity contribution in [3.8, 4) is 28.3 Å². The Morgan fingerprint density at radius 3 is 2.46 bits per heavy atom. The average Bonchev–Trinajstić information content (AvgIpc) is 3.57. The van der Waals surface area contributed by atoms with E-state index in [0.29, 0.717) is 18.3 Å². The van der Waals surface area contributed by atoms with Crippen LogP contribution in [0.5, 0.6) is 5.75 Å². The highest BCUT2D eigenvalue weighted by Crippen LogP contribution is 2.49. The van der Waals surface area contributed by atoms with Gasteiger partial charge in [0.15, 0.2) is 0 Å². The molecule has 0 spiro atoms. The van der Waals surface area contributed by atoms with Gasteiger partial charge in [-0.05, 0) is 114 Å². The molecule has 4 aliphatic rings. The third kappa shape index (κ3) is 6.05. The number of nitrogens with zero attached hydrogens (tertiary/aromatic N) is 3. The minimum Gasteiger partial charge on any atom is -0.464 e. The molecule has 3 fully saturated rings. The van der Waals surface area contributed by atoms with Gasteiger partial charge in [-0.15, -0.1) is 11.3 Å². The number of imidazole rings is 1. The van der Waals surface area contributed by atoms with Crippen LogP contribution in [0.2, 0.25) is 0 Å². The molecule has 3 aliphatic heterocycles. The number of carbonyl (C=O) groups is 2. The zero-order chi connectivity index (χ0) is 39.3. The summed E-state index contributed by atoms with van der Waals surface area (Å²) in [7, 11) is 0.852. The molecular weight excluding hydrogens is 725 g/mol. The summed E-state index contributed by atoms with van der Waals surface area (Å²) >= 11 is 1.85. The largest absolute Gasteiger partial charge is 0.494 e. The third-order valence-electron chi connectivity index (χ3n) is 12.7. The number of aromatic nitrogens is 3. The molecule has 2 amide bonds. The summed E-state index contributed by atoms with van der Waals surface area (Å²) in [5, 5.41) is 3.84. The maximum absolute atomic E-state index is 13.9. The number of thiophene rings is 1. The van der Waals surface area contributed by atoms with Crippen LogP contribution in [0.15, 0.2) is 60.8 Å². The van der Waals surface area contributed by atoms with Gasteiger partial charge >= 0.3 is 13.2 Å². The van der Waals surface area contributed by atoms with Gasteiger partial charge in [-0.25, -0.2) is 9.78 Å². The SMILES string of the molecule is COC(=O)NC(C(=O)N1CCCC1(C)c1ncc(-c2ccc3c(c2)OC(c2ccc(C4CC4)s2)n2c-3cc3cc(B4OC(C)(C)C(C)(C)O4)ccc32)[nH]1)C(C)C. The van der Waals surface area contributed by atoms with Gasteiger partial charge in [-0.3, -0.25) is 9.36 Å². The van der Waals surface area contributed by atoms with Crippen molar-refractivity contribution < 1.29 is 28.4 Å². The summed E-state index contributed by atoms with van der Waals surface area (Å²) in [5.74, 6) is 1.89. The number of aromatic amines is 1. The summed E-state index contributed by atoms with van der Waals surface area (Å²) in [6, 6.07) is 18.8. The molecule has 0 radical (unpaired) electrons. The second-order valence-electron chi connectivity index (χ2n) is 17.4. The molecule has 9 rings (SSSR count). The van der Waals surface area contributed by atoms with Crippen molar-refractivity contribution in [2.45, 2.75) is 109 Å². The first-order chi connectivity index (χ1) is 26.7. The average molecular weight is 776 g/mol. The molecule has 56 heavy (non-hydrogen) atoms. The van der Waals surface area contributed by atoms with Crippen LogP contribution >= 0.6 is 11.3 Å². The van der Waals surface area contributed by atoms with E-state index in [4.69, 9.17) is 23.8 Å². The van der Waals surface area contributed by atoms with Crippen LogP contribution in [0.3, 0.4) is 0 Å². The van der Waals surface area contributed by atoms with Crippen molar-refractivity contribution in [3.63, 3.8) is 0 Å². The number of amides is 2. The molecule has 0 bridgehead atoms. The van der Waals surface area contributed by atoms with E-state index in [1.54, 1.807) is 0 Å². The summed E-state index contributed by atoms with van der Waals surface area (Å²) in [5.41, 5.74) is 4.41. The molecule has 3 unspecified atom stereocenters. The van der Waals surface area contributed by atoms with Gasteiger partial charge in [0.25, 0.3) is 0 Å². The summed E-state index contributed by atoms with van der Waals surface area (Å²) in [6.07, 6.45) is 4.94. The monoisotopic (exact) mass is 775 g/mol. The van der Waals surface area contributed by atoms with E-state index < -0.39 is 36.0 Å². The molecule has 2 aromatic carbocycles. The van der Waals surface area contributed by atoms with Crippen molar-refractivity contribution in [3.05, 3.63) is 76.4 Å². The van der Waals surface area contributed by atoms with E-state index in [1.807, 2.05) is 43.2 Å². The Labute approximate surface area is 332 Å². The summed E-state index contributed by atoms with van der Waals surface area (Å²) < 4.78 is 27.0. The number of fused-ring (bicyclic) bond motifs is 5. The summed E-state index contributed by atoms with van der Waals surface area (Å²) in [4.78, 5) is 39.0. The fourth-order valence-electron chi connectivity index (χ4n) is 8.46. The van der Waals surface area contributed by atoms with Crippen LogP contribution in [-0.2, 0) is 24.4 Å². The first-order valence-corrected chi connectivity index (χ1v) is 20.6. The number of benzene rings is 2. The Bertz CT molecular complexity index is 2340. The Kier molecular flexibility index (Phi) is 8.75. The van der Waals surface area contributed by atoms with Gasteiger partial charge in [0.05, 0.1) is 51.8 Å². The second-order valence-corrected chi connectivity index (χ2v) is 18.5. The highest BCUT2D eigenvalue weighted by Gasteiger charge is 2.52. The predicted octanol–water partition coefficient (Wildman–Crippen LogP) is 8.09. The van der Waals surface area contributed by atoms with Crippen LogP contribution in [0.25, 0.3) is 33.4 Å². The van der Waals surface area contributed by atoms with Gasteiger partial charge in [-0.1, -0.05) is 32.0 Å². The minimum absolute atomic E-state index is 0.122. The van der Waals surface area contributed by atoms with Crippen molar-refractivity contribution in [2.24, 2.45) is 5.92 Å². The van der Waals surface area contributed by atoms with Crippen molar-refractivity contribution in [1.29, 1.82) is 0 Å². The number of likely N-dealkylation sites (tertiary alicyclic amines) is 1. The molecule has 2 N–H and O–H groups in total. The lowest BCUT2D eigenvalue weighted by Crippen LogP contribution is -2.55. The molecule has 6 heterocycles. The fraction of sp³-hybridized carbons (Fsp3) is 0.465. The molecule has 5 aromatic rings. The topological polar surface area (TPSA) is 120 Å². The Balaban J connectivity index is 1.06. The van der Waals surface area contributed by atoms with Gasteiger partial charge in [0.1, 0.15) is 17.6 Å². The lowest BCUT2D eigenvalue weighted by Gasteiger charge is -2.37. The highest BCUT2D eigenvalue weighted by molar-refractivity contribution is 7.12. The van der Waals surface area contributed by atoms with Crippen LogP contribution in [0, 0.1) is 5.92 Å². The van der Waals surface area contributed by atoms with Gasteiger partial charge < -0.3 is 34.0 Å². The molecule has 3 atom stereocenters. The van der Waals surface area contributed by atoms with E-state index in [0.717, 1.165) is 57.5 Å². The molecular formula is C43H50BN5O6S. The maximum atomic E-state index is 13.9. The fourth-order valence-corrected chi connectivity index (χ4v) is 9.66. The normalized spacial score (nSPS) is 22.9. The number of nitrogens with one attached hydrogen (secondary N) is 2. The Morgan fingerprint density at radius 2 is 1.75 bits per heavy atom. The quantitative estimate of drug-likeness (QED) is 0.153. The van der Waals surface area contributed by atoms with Gasteiger partial charge in [-0.2, -0.15) is 0 Å². The highest BCUT2D eigenvalue weighted by atomic mass is 32.1. The number of H-pyrrole nitrogens is 1. The molecule has 13 heteroatoms. The predicted molar refractivity (Wildman–Crippen MR) is 218 cm³/mol.